The summed E-state index contributed by atoms with van der Waals surface area (Å²) >= 11 is 6.17. The van der Waals surface area contributed by atoms with Crippen molar-refractivity contribution < 1.29 is 18.7 Å². The van der Waals surface area contributed by atoms with Crippen molar-refractivity contribution >= 4 is 23.6 Å². The SMILES string of the molecule is C=C1NC(=O)NC(c2ccc(-c3ccccc3Cl)o2)C1C(=O)OC. The molecule has 1 aromatic heterocycles. The molecule has 3 rings (SSSR count). The number of rotatable bonds is 3. The smallest absolute Gasteiger partial charge is 0.319 e. The highest BCUT2D eigenvalue weighted by molar-refractivity contribution is 6.33. The lowest BCUT2D eigenvalue weighted by Gasteiger charge is -2.31. The van der Waals surface area contributed by atoms with Crippen LogP contribution in [0.15, 0.2) is 53.1 Å². The van der Waals surface area contributed by atoms with Crippen molar-refractivity contribution in [3.05, 3.63) is 59.5 Å². The molecular formula is C17H15ClN2O4. The van der Waals surface area contributed by atoms with E-state index < -0.39 is 24.0 Å². The zero-order valence-corrected chi connectivity index (χ0v) is 13.6. The molecule has 2 aromatic rings. The van der Waals surface area contributed by atoms with Gasteiger partial charge >= 0.3 is 12.0 Å². The Bertz CT molecular complexity index is 814. The summed E-state index contributed by atoms with van der Waals surface area (Å²) in [6.45, 7) is 3.73. The first-order chi connectivity index (χ1) is 11.5. The van der Waals surface area contributed by atoms with Crippen molar-refractivity contribution in [1.29, 1.82) is 0 Å². The molecule has 2 N–H and O–H groups in total. The van der Waals surface area contributed by atoms with Crippen LogP contribution in [0.2, 0.25) is 5.02 Å². The van der Waals surface area contributed by atoms with Gasteiger partial charge in [0.25, 0.3) is 0 Å². The summed E-state index contributed by atoms with van der Waals surface area (Å²) in [5.41, 5.74) is 0.977. The van der Waals surface area contributed by atoms with Gasteiger partial charge in [-0.05, 0) is 24.3 Å². The van der Waals surface area contributed by atoms with Crippen molar-refractivity contribution in [2.24, 2.45) is 5.92 Å². The number of carbonyl (C=O) groups excluding carboxylic acids is 2. The van der Waals surface area contributed by atoms with E-state index in [2.05, 4.69) is 17.2 Å². The molecule has 2 unspecified atom stereocenters. The number of amides is 2. The van der Waals surface area contributed by atoms with Crippen LogP contribution >= 0.6 is 11.6 Å². The fourth-order valence-corrected chi connectivity index (χ4v) is 2.88. The van der Waals surface area contributed by atoms with Gasteiger partial charge in [-0.2, -0.15) is 0 Å². The zero-order chi connectivity index (χ0) is 17.3. The zero-order valence-electron chi connectivity index (χ0n) is 12.8. The summed E-state index contributed by atoms with van der Waals surface area (Å²) in [7, 11) is 1.28. The van der Waals surface area contributed by atoms with Crippen LogP contribution < -0.4 is 10.6 Å². The number of hydrogen-bond donors (Lipinski definition) is 2. The number of ether oxygens (including phenoxy) is 1. The van der Waals surface area contributed by atoms with Crippen molar-refractivity contribution in [3.63, 3.8) is 0 Å². The molecule has 1 saturated heterocycles. The number of halogens is 1. The number of furan rings is 1. The Labute approximate surface area is 143 Å². The molecule has 1 aromatic carbocycles. The first-order valence-electron chi connectivity index (χ1n) is 7.20. The normalized spacial score (nSPS) is 20.2. The highest BCUT2D eigenvalue weighted by Crippen LogP contribution is 2.35. The quantitative estimate of drug-likeness (QED) is 0.836. The van der Waals surface area contributed by atoms with Crippen molar-refractivity contribution in [2.45, 2.75) is 6.04 Å². The minimum atomic E-state index is -0.794. The summed E-state index contributed by atoms with van der Waals surface area (Å²) < 4.78 is 10.6. The van der Waals surface area contributed by atoms with E-state index in [0.29, 0.717) is 16.5 Å². The number of methoxy groups -OCH3 is 1. The van der Waals surface area contributed by atoms with Crippen LogP contribution in [0.5, 0.6) is 0 Å². The van der Waals surface area contributed by atoms with Crippen LogP contribution in [-0.4, -0.2) is 19.1 Å². The standard InChI is InChI=1S/C17H15ClN2O4/c1-9-14(16(21)23-2)15(20-17(22)19-9)13-8-7-12(24-13)10-5-3-4-6-11(10)18/h3-8,14-15H,1H2,2H3,(H2,19,20,22). The van der Waals surface area contributed by atoms with Crippen molar-refractivity contribution in [3.8, 4) is 11.3 Å². The maximum Gasteiger partial charge on any atom is 0.319 e. The first-order valence-corrected chi connectivity index (χ1v) is 7.58. The lowest BCUT2D eigenvalue weighted by Crippen LogP contribution is -2.50. The summed E-state index contributed by atoms with van der Waals surface area (Å²) in [6, 6.07) is 9.50. The average molecular weight is 347 g/mol. The van der Waals surface area contributed by atoms with Gasteiger partial charge in [-0.25, -0.2) is 4.79 Å². The summed E-state index contributed by atoms with van der Waals surface area (Å²) in [6.07, 6.45) is 0. The maximum atomic E-state index is 12.1. The van der Waals surface area contributed by atoms with Gasteiger partial charge < -0.3 is 19.8 Å². The van der Waals surface area contributed by atoms with Gasteiger partial charge in [0, 0.05) is 11.3 Å². The van der Waals surface area contributed by atoms with Gasteiger partial charge in [0.05, 0.1) is 12.1 Å². The molecule has 124 valence electrons. The number of nitrogens with one attached hydrogen (secondary N) is 2. The fourth-order valence-electron chi connectivity index (χ4n) is 2.65. The van der Waals surface area contributed by atoms with E-state index in [1.54, 1.807) is 18.2 Å². The monoisotopic (exact) mass is 346 g/mol. The second-order valence-electron chi connectivity index (χ2n) is 5.28. The Morgan fingerprint density at radius 3 is 2.75 bits per heavy atom. The molecule has 1 aliphatic rings. The number of hydrogen-bond acceptors (Lipinski definition) is 4. The average Bonchev–Trinajstić information content (AvgIpc) is 3.03. The molecule has 0 spiro atoms. The fraction of sp³-hybridized carbons (Fsp3) is 0.176. The van der Waals surface area contributed by atoms with Gasteiger partial charge in [-0.3, -0.25) is 4.79 Å². The number of benzene rings is 1. The number of urea groups is 1. The molecule has 2 heterocycles. The highest BCUT2D eigenvalue weighted by atomic mass is 35.5. The lowest BCUT2D eigenvalue weighted by atomic mass is 9.93. The van der Waals surface area contributed by atoms with Crippen molar-refractivity contribution in [2.75, 3.05) is 7.11 Å². The minimum absolute atomic E-state index is 0.256. The molecule has 2 atom stereocenters. The van der Waals surface area contributed by atoms with Gasteiger partial charge in [0.2, 0.25) is 0 Å². The van der Waals surface area contributed by atoms with Crippen molar-refractivity contribution in [1.82, 2.24) is 10.6 Å². The Morgan fingerprint density at radius 2 is 2.04 bits per heavy atom. The molecule has 0 bridgehead atoms. The Kier molecular flexibility index (Phi) is 4.31. The minimum Gasteiger partial charge on any atom is -0.468 e. The van der Waals surface area contributed by atoms with Gasteiger partial charge in [0.1, 0.15) is 23.5 Å². The third kappa shape index (κ3) is 2.88. The summed E-state index contributed by atoms with van der Waals surface area (Å²) in [5.74, 6) is -0.361. The molecule has 2 amide bonds. The molecule has 0 radical (unpaired) electrons. The predicted octanol–water partition coefficient (Wildman–Crippen LogP) is 3.26. The highest BCUT2D eigenvalue weighted by Gasteiger charge is 2.40. The maximum absolute atomic E-state index is 12.1. The van der Waals surface area contributed by atoms with Gasteiger partial charge in [-0.1, -0.05) is 30.3 Å². The number of esters is 1. The van der Waals surface area contributed by atoms with Crippen LogP contribution in [0.1, 0.15) is 11.8 Å². The molecular weight excluding hydrogens is 332 g/mol. The van der Waals surface area contributed by atoms with Crippen LogP contribution in [-0.2, 0) is 9.53 Å². The van der Waals surface area contributed by atoms with E-state index in [1.165, 1.54) is 7.11 Å². The largest absolute Gasteiger partial charge is 0.468 e. The molecule has 1 aliphatic heterocycles. The van der Waals surface area contributed by atoms with Crippen LogP contribution in [0.3, 0.4) is 0 Å². The second-order valence-corrected chi connectivity index (χ2v) is 5.69. The lowest BCUT2D eigenvalue weighted by molar-refractivity contribution is -0.145. The first kappa shape index (κ1) is 16.1. The van der Waals surface area contributed by atoms with Crippen LogP contribution in [0.4, 0.5) is 4.79 Å². The van der Waals surface area contributed by atoms with Gasteiger partial charge in [-0.15, -0.1) is 0 Å². The van der Waals surface area contributed by atoms with E-state index in [0.717, 1.165) is 5.56 Å². The van der Waals surface area contributed by atoms with Crippen LogP contribution in [0, 0.1) is 5.92 Å². The Morgan fingerprint density at radius 1 is 1.29 bits per heavy atom. The van der Waals surface area contributed by atoms with E-state index in [1.807, 2.05) is 18.2 Å². The predicted molar refractivity (Wildman–Crippen MR) is 88.2 cm³/mol. The van der Waals surface area contributed by atoms with E-state index in [4.69, 9.17) is 20.8 Å². The molecule has 7 heteroatoms. The summed E-state index contributed by atoms with van der Waals surface area (Å²) in [5, 5.41) is 5.70. The van der Waals surface area contributed by atoms with E-state index in [9.17, 15) is 9.59 Å². The Hall–Kier alpha value is -2.73. The summed E-state index contributed by atoms with van der Waals surface area (Å²) in [4.78, 5) is 23.8. The molecule has 0 aliphatic carbocycles. The van der Waals surface area contributed by atoms with Crippen LogP contribution in [0.25, 0.3) is 11.3 Å². The molecule has 0 saturated carbocycles. The van der Waals surface area contributed by atoms with E-state index in [-0.39, 0.29) is 5.70 Å². The molecule has 24 heavy (non-hydrogen) atoms. The topological polar surface area (TPSA) is 80.6 Å². The van der Waals surface area contributed by atoms with E-state index >= 15 is 0 Å². The Balaban J connectivity index is 1.97. The molecule has 6 nitrogen and oxygen atoms in total. The second kappa shape index (κ2) is 6.41. The van der Waals surface area contributed by atoms with Gasteiger partial charge in [0.15, 0.2) is 0 Å². The number of carbonyl (C=O) groups is 2. The molecule has 1 fully saturated rings. The third-order valence-corrected chi connectivity index (χ3v) is 4.13. The third-order valence-electron chi connectivity index (χ3n) is 3.80.